The predicted molar refractivity (Wildman–Crippen MR) is 139 cm³/mol. The lowest BCUT2D eigenvalue weighted by atomic mass is 10.1. The quantitative estimate of drug-likeness (QED) is 0.150. The third-order valence-corrected chi connectivity index (χ3v) is 5.29. The second-order valence-corrected chi connectivity index (χ2v) is 8.21. The fourth-order valence-electron chi connectivity index (χ4n) is 3.31. The molecule has 0 bridgehead atoms. The summed E-state index contributed by atoms with van der Waals surface area (Å²) in [5.74, 6) is 4.38. The maximum atomic E-state index is 12.3. The van der Waals surface area contributed by atoms with E-state index in [1.807, 2.05) is 30.3 Å². The molecule has 0 spiro atoms. The van der Waals surface area contributed by atoms with Crippen molar-refractivity contribution in [2.24, 2.45) is 0 Å². The molecule has 3 aromatic carbocycles. The van der Waals surface area contributed by atoms with Gasteiger partial charge < -0.3 is 21.1 Å². The van der Waals surface area contributed by atoms with Gasteiger partial charge in [-0.15, -0.1) is 0 Å². The lowest BCUT2D eigenvalue weighted by Crippen LogP contribution is -2.51. The Morgan fingerprint density at radius 2 is 1.46 bits per heavy atom. The number of nitrogens with one attached hydrogen (secondary N) is 4. The Bertz CT molecular complexity index is 1260. The third kappa shape index (κ3) is 8.59. The van der Waals surface area contributed by atoms with E-state index in [2.05, 4.69) is 27.8 Å². The molecule has 0 aliphatic rings. The van der Waals surface area contributed by atoms with Gasteiger partial charge in [-0.05, 0) is 61.0 Å². The monoisotopic (exact) mass is 500 g/mol. The molecule has 37 heavy (non-hydrogen) atoms. The van der Waals surface area contributed by atoms with E-state index >= 15 is 0 Å². The van der Waals surface area contributed by atoms with Gasteiger partial charge in [0.1, 0.15) is 6.04 Å². The van der Waals surface area contributed by atoms with Crippen molar-refractivity contribution in [3.05, 3.63) is 101 Å². The predicted octanol–water partition coefficient (Wildman–Crippen LogP) is 1.80. The highest BCUT2D eigenvalue weighted by Crippen LogP contribution is 2.10. The van der Waals surface area contributed by atoms with E-state index in [4.69, 9.17) is 5.21 Å². The van der Waals surface area contributed by atoms with Crippen molar-refractivity contribution in [2.75, 3.05) is 11.9 Å². The standard InChI is InChI=1S/C28H28N4O5/c1-19(33)26(28(36)32-37)31-27(35)23-13-9-20(10-14-23)7-8-21-11-15-24(16-12-21)30-25(34)18-29-17-22-5-3-2-4-6-22/h2-6,9-16,19,26,29,33,37H,17-18H2,1H3,(H,30,34)(H,31,35)(H,32,36)/t19-,26+/m1/s1. The first-order valence-electron chi connectivity index (χ1n) is 11.5. The molecule has 0 fully saturated rings. The highest BCUT2D eigenvalue weighted by molar-refractivity contribution is 5.97. The fraction of sp³-hybridized carbons (Fsp3) is 0.179. The van der Waals surface area contributed by atoms with Gasteiger partial charge in [-0.1, -0.05) is 42.2 Å². The van der Waals surface area contributed by atoms with Crippen LogP contribution in [0.4, 0.5) is 5.69 Å². The first-order valence-corrected chi connectivity index (χ1v) is 11.5. The summed E-state index contributed by atoms with van der Waals surface area (Å²) in [6.45, 7) is 2.13. The maximum absolute atomic E-state index is 12.3. The summed E-state index contributed by atoms with van der Waals surface area (Å²) in [4.78, 5) is 36.1. The largest absolute Gasteiger partial charge is 0.391 e. The second kappa shape index (κ2) is 13.6. The highest BCUT2D eigenvalue weighted by atomic mass is 16.5. The first-order chi connectivity index (χ1) is 17.9. The summed E-state index contributed by atoms with van der Waals surface area (Å²) >= 11 is 0. The van der Waals surface area contributed by atoms with Crippen LogP contribution in [0.15, 0.2) is 78.9 Å². The Kier molecular flexibility index (Phi) is 9.93. The molecule has 0 saturated heterocycles. The van der Waals surface area contributed by atoms with E-state index in [0.717, 1.165) is 11.1 Å². The number of benzene rings is 3. The van der Waals surface area contributed by atoms with Crippen LogP contribution in [0.2, 0.25) is 0 Å². The van der Waals surface area contributed by atoms with Crippen molar-refractivity contribution in [2.45, 2.75) is 25.6 Å². The molecule has 3 aromatic rings. The summed E-state index contributed by atoms with van der Waals surface area (Å²) in [5, 5.41) is 26.7. The minimum Gasteiger partial charge on any atom is -0.391 e. The molecule has 190 valence electrons. The smallest absolute Gasteiger partial charge is 0.268 e. The molecule has 3 amide bonds. The van der Waals surface area contributed by atoms with Crippen LogP contribution in [-0.4, -0.2) is 46.7 Å². The van der Waals surface area contributed by atoms with Crippen molar-refractivity contribution in [3.63, 3.8) is 0 Å². The van der Waals surface area contributed by atoms with E-state index in [1.54, 1.807) is 48.5 Å². The summed E-state index contributed by atoms with van der Waals surface area (Å²) in [5.41, 5.74) is 4.86. The molecule has 0 heterocycles. The number of aliphatic hydroxyl groups excluding tert-OH is 1. The molecule has 0 saturated carbocycles. The van der Waals surface area contributed by atoms with Crippen LogP contribution in [-0.2, 0) is 16.1 Å². The van der Waals surface area contributed by atoms with E-state index in [1.165, 1.54) is 12.4 Å². The highest BCUT2D eigenvalue weighted by Gasteiger charge is 2.25. The fourth-order valence-corrected chi connectivity index (χ4v) is 3.31. The topological polar surface area (TPSA) is 140 Å². The normalized spacial score (nSPS) is 11.9. The van der Waals surface area contributed by atoms with Crippen LogP contribution in [0.25, 0.3) is 0 Å². The lowest BCUT2D eigenvalue weighted by molar-refractivity contribution is -0.133. The van der Waals surface area contributed by atoms with Crippen LogP contribution < -0.4 is 21.4 Å². The van der Waals surface area contributed by atoms with Gasteiger partial charge in [0.25, 0.3) is 11.8 Å². The SMILES string of the molecule is C[C@@H](O)[C@H](NC(=O)c1ccc(C#Cc2ccc(NC(=O)CNCc3ccccc3)cc2)cc1)C(=O)NO. The van der Waals surface area contributed by atoms with Gasteiger partial charge in [-0.2, -0.15) is 0 Å². The van der Waals surface area contributed by atoms with Crippen molar-refractivity contribution in [1.29, 1.82) is 0 Å². The van der Waals surface area contributed by atoms with Crippen molar-refractivity contribution < 1.29 is 24.7 Å². The Morgan fingerprint density at radius 1 is 0.865 bits per heavy atom. The Balaban J connectivity index is 1.51. The van der Waals surface area contributed by atoms with Crippen molar-refractivity contribution >= 4 is 23.4 Å². The molecule has 0 aromatic heterocycles. The molecule has 3 rings (SSSR count). The summed E-state index contributed by atoms with van der Waals surface area (Å²) < 4.78 is 0. The van der Waals surface area contributed by atoms with Crippen LogP contribution in [0, 0.1) is 11.8 Å². The average Bonchev–Trinajstić information content (AvgIpc) is 2.91. The van der Waals surface area contributed by atoms with Gasteiger partial charge >= 0.3 is 0 Å². The second-order valence-electron chi connectivity index (χ2n) is 8.21. The molecule has 6 N–H and O–H groups in total. The first kappa shape index (κ1) is 27.1. The van der Waals surface area contributed by atoms with Crippen LogP contribution >= 0.6 is 0 Å². The number of hydrogen-bond acceptors (Lipinski definition) is 6. The third-order valence-electron chi connectivity index (χ3n) is 5.29. The number of carbonyl (C=O) groups excluding carboxylic acids is 3. The zero-order valence-electron chi connectivity index (χ0n) is 20.2. The zero-order chi connectivity index (χ0) is 26.6. The number of anilines is 1. The van der Waals surface area contributed by atoms with Gasteiger partial charge in [-0.25, -0.2) is 5.48 Å². The van der Waals surface area contributed by atoms with Crippen LogP contribution in [0.3, 0.4) is 0 Å². The molecule has 2 atom stereocenters. The van der Waals surface area contributed by atoms with Gasteiger partial charge in [0.05, 0.1) is 12.6 Å². The number of aliphatic hydroxyl groups is 1. The van der Waals surface area contributed by atoms with Gasteiger partial charge in [0, 0.05) is 28.9 Å². The molecule has 9 heteroatoms. The average molecular weight is 501 g/mol. The number of hydrogen-bond donors (Lipinski definition) is 6. The van der Waals surface area contributed by atoms with Crippen LogP contribution in [0.5, 0.6) is 0 Å². The van der Waals surface area contributed by atoms with E-state index in [9.17, 15) is 19.5 Å². The molecular weight excluding hydrogens is 472 g/mol. The Labute approximate surface area is 214 Å². The minimum atomic E-state index is -1.30. The summed E-state index contributed by atoms with van der Waals surface area (Å²) in [7, 11) is 0. The molecule has 0 radical (unpaired) electrons. The van der Waals surface area contributed by atoms with Gasteiger partial charge in [0.15, 0.2) is 0 Å². The molecule has 0 aliphatic heterocycles. The van der Waals surface area contributed by atoms with Crippen molar-refractivity contribution in [3.8, 4) is 11.8 Å². The van der Waals surface area contributed by atoms with E-state index < -0.39 is 24.0 Å². The van der Waals surface area contributed by atoms with Gasteiger partial charge in [-0.3, -0.25) is 19.6 Å². The van der Waals surface area contributed by atoms with E-state index in [0.29, 0.717) is 17.8 Å². The van der Waals surface area contributed by atoms with Crippen LogP contribution in [0.1, 0.15) is 34.0 Å². The van der Waals surface area contributed by atoms with Gasteiger partial charge in [0.2, 0.25) is 5.91 Å². The molecule has 0 unspecified atom stereocenters. The lowest BCUT2D eigenvalue weighted by Gasteiger charge is -2.19. The number of hydroxylamine groups is 1. The Morgan fingerprint density at radius 3 is 2.03 bits per heavy atom. The number of carbonyl (C=O) groups is 3. The maximum Gasteiger partial charge on any atom is 0.268 e. The van der Waals surface area contributed by atoms with Crippen molar-refractivity contribution in [1.82, 2.24) is 16.1 Å². The minimum absolute atomic E-state index is 0.143. The Hall–Kier alpha value is -4.49. The zero-order valence-corrected chi connectivity index (χ0v) is 20.2. The summed E-state index contributed by atoms with van der Waals surface area (Å²) in [6.07, 6.45) is -1.20. The molecular formula is C28H28N4O5. The van der Waals surface area contributed by atoms with E-state index in [-0.39, 0.29) is 18.0 Å². The number of amides is 3. The number of rotatable bonds is 9. The summed E-state index contributed by atoms with van der Waals surface area (Å²) in [6, 6.07) is 22.1. The molecule has 9 nitrogen and oxygen atoms in total. The molecule has 0 aliphatic carbocycles.